The minimum absolute atomic E-state index is 0.159. The predicted octanol–water partition coefficient (Wildman–Crippen LogP) is 2.84. The molecule has 0 fully saturated rings. The van der Waals surface area contributed by atoms with E-state index in [1.807, 2.05) is 6.07 Å². The van der Waals surface area contributed by atoms with E-state index in [0.717, 1.165) is 13.2 Å². The van der Waals surface area contributed by atoms with Gasteiger partial charge in [-0.1, -0.05) is 15.9 Å². The highest BCUT2D eigenvalue weighted by atomic mass is 79.9. The highest BCUT2D eigenvalue weighted by molar-refractivity contribution is 9.08. The van der Waals surface area contributed by atoms with E-state index in [1.54, 1.807) is 0 Å². The van der Waals surface area contributed by atoms with E-state index in [0.29, 0.717) is 0 Å². The van der Waals surface area contributed by atoms with Crippen molar-refractivity contribution in [1.82, 2.24) is 0 Å². The monoisotopic (exact) mass is 319 g/mol. The lowest BCUT2D eigenvalue weighted by atomic mass is 10.1. The van der Waals surface area contributed by atoms with Crippen molar-refractivity contribution in [3.8, 4) is 11.8 Å². The molecule has 0 spiro atoms. The number of halogens is 3. The number of alkyl halides is 3. The fourth-order valence-corrected chi connectivity index (χ4v) is 1.76. The summed E-state index contributed by atoms with van der Waals surface area (Å²) in [7, 11) is 1.11. The second-order valence-electron chi connectivity index (χ2n) is 3.13. The van der Waals surface area contributed by atoms with Crippen molar-refractivity contribution < 1.29 is 23.0 Å². The fraction of sp³-hybridized carbons (Fsp3) is 0.273. The van der Waals surface area contributed by atoms with E-state index >= 15 is 0 Å². The molecule has 4 nitrogen and oxygen atoms in total. The summed E-state index contributed by atoms with van der Waals surface area (Å²) >= 11 is 3.08. The van der Waals surface area contributed by atoms with Crippen LogP contribution in [0.15, 0.2) is 12.1 Å². The Balaban J connectivity index is 3.42. The van der Waals surface area contributed by atoms with Crippen molar-refractivity contribution in [2.45, 2.75) is 11.9 Å². The van der Waals surface area contributed by atoms with Crippen LogP contribution in [0, 0.1) is 11.3 Å². The molecule has 1 aromatic carbocycles. The third-order valence-corrected chi connectivity index (χ3v) is 2.66. The number of ether oxygens (including phenoxy) is 2. The number of methoxy groups -OCH3 is 1. The molecule has 0 aliphatic rings. The standard InChI is InChI=1S/C11H8BrF2NO3/c1-17-10(16)8-3-6(5-15)2-7(4-12)9(8)18-11(13)14/h2-3,11H,4H2,1H3. The predicted molar refractivity (Wildman–Crippen MR) is 61.8 cm³/mol. The van der Waals surface area contributed by atoms with Crippen LogP contribution in [0.1, 0.15) is 21.5 Å². The Hall–Kier alpha value is -1.68. The Morgan fingerprint density at radius 1 is 1.56 bits per heavy atom. The maximum atomic E-state index is 12.3. The van der Waals surface area contributed by atoms with Crippen LogP contribution in [0.4, 0.5) is 8.78 Å². The zero-order valence-corrected chi connectivity index (χ0v) is 10.8. The van der Waals surface area contributed by atoms with Crippen molar-refractivity contribution in [1.29, 1.82) is 5.26 Å². The van der Waals surface area contributed by atoms with Crippen LogP contribution in [-0.2, 0) is 10.1 Å². The van der Waals surface area contributed by atoms with Gasteiger partial charge in [0.2, 0.25) is 0 Å². The Bertz CT molecular complexity index is 500. The average molecular weight is 320 g/mol. The number of hydrogen-bond acceptors (Lipinski definition) is 4. The normalized spacial score (nSPS) is 10.0. The minimum Gasteiger partial charge on any atom is -0.465 e. The molecule has 0 bridgehead atoms. The average Bonchev–Trinajstić information content (AvgIpc) is 2.37. The molecule has 0 amide bonds. The van der Waals surface area contributed by atoms with Gasteiger partial charge in [-0.3, -0.25) is 0 Å². The molecule has 96 valence electrons. The van der Waals surface area contributed by atoms with Gasteiger partial charge in [0.1, 0.15) is 11.3 Å². The van der Waals surface area contributed by atoms with E-state index in [9.17, 15) is 13.6 Å². The van der Waals surface area contributed by atoms with Crippen LogP contribution >= 0.6 is 15.9 Å². The quantitative estimate of drug-likeness (QED) is 0.632. The van der Waals surface area contributed by atoms with Gasteiger partial charge < -0.3 is 9.47 Å². The van der Waals surface area contributed by atoms with Gasteiger partial charge in [0, 0.05) is 10.9 Å². The van der Waals surface area contributed by atoms with Gasteiger partial charge in [-0.2, -0.15) is 14.0 Å². The number of rotatable bonds is 4. The summed E-state index contributed by atoms with van der Waals surface area (Å²) in [5.74, 6) is -1.13. The Morgan fingerprint density at radius 2 is 2.22 bits per heavy atom. The fourth-order valence-electron chi connectivity index (χ4n) is 1.34. The maximum Gasteiger partial charge on any atom is 0.387 e. The van der Waals surface area contributed by atoms with Crippen molar-refractivity contribution >= 4 is 21.9 Å². The van der Waals surface area contributed by atoms with Crippen LogP contribution in [0.2, 0.25) is 0 Å². The van der Waals surface area contributed by atoms with Crippen molar-refractivity contribution in [2.24, 2.45) is 0 Å². The van der Waals surface area contributed by atoms with E-state index < -0.39 is 12.6 Å². The summed E-state index contributed by atoms with van der Waals surface area (Å²) in [5.41, 5.74) is 0.229. The van der Waals surface area contributed by atoms with E-state index in [4.69, 9.17) is 5.26 Å². The van der Waals surface area contributed by atoms with Crippen molar-refractivity contribution in [2.75, 3.05) is 7.11 Å². The maximum absolute atomic E-state index is 12.3. The SMILES string of the molecule is COC(=O)c1cc(C#N)cc(CBr)c1OC(F)F. The van der Waals surface area contributed by atoms with Gasteiger partial charge in [0.15, 0.2) is 0 Å². The summed E-state index contributed by atoms with van der Waals surface area (Å²) in [6.07, 6.45) is 0. The first-order valence-corrected chi connectivity index (χ1v) is 5.81. The number of carbonyl (C=O) groups excluding carboxylic acids is 1. The highest BCUT2D eigenvalue weighted by Gasteiger charge is 2.21. The molecular weight excluding hydrogens is 312 g/mol. The highest BCUT2D eigenvalue weighted by Crippen LogP contribution is 2.30. The molecule has 1 rings (SSSR count). The Kier molecular flexibility index (Phi) is 5.04. The summed E-state index contributed by atoms with van der Waals surface area (Å²) in [6, 6.07) is 4.34. The summed E-state index contributed by atoms with van der Waals surface area (Å²) in [6.45, 7) is -3.07. The molecule has 0 aromatic heterocycles. The van der Waals surface area contributed by atoms with Gasteiger partial charge in [-0.15, -0.1) is 0 Å². The molecular formula is C11H8BrF2NO3. The topological polar surface area (TPSA) is 59.3 Å². The first-order valence-electron chi connectivity index (χ1n) is 4.69. The van der Waals surface area contributed by atoms with Gasteiger partial charge in [-0.25, -0.2) is 4.79 Å². The molecule has 0 atom stereocenters. The third kappa shape index (κ3) is 3.17. The Labute approximate surface area is 110 Å². The van der Waals surface area contributed by atoms with E-state index in [2.05, 4.69) is 25.4 Å². The Morgan fingerprint density at radius 3 is 2.67 bits per heavy atom. The molecule has 7 heteroatoms. The van der Waals surface area contributed by atoms with Gasteiger partial charge in [-0.05, 0) is 12.1 Å². The minimum atomic E-state index is -3.07. The summed E-state index contributed by atoms with van der Waals surface area (Å²) < 4.78 is 33.4. The van der Waals surface area contributed by atoms with Crippen molar-refractivity contribution in [3.63, 3.8) is 0 Å². The summed E-state index contributed by atoms with van der Waals surface area (Å²) in [4.78, 5) is 11.5. The third-order valence-electron chi connectivity index (χ3n) is 2.05. The first kappa shape index (κ1) is 14.4. The van der Waals surface area contributed by atoms with Crippen molar-refractivity contribution in [3.05, 3.63) is 28.8 Å². The lowest BCUT2D eigenvalue weighted by molar-refractivity contribution is -0.0508. The lowest BCUT2D eigenvalue weighted by Gasteiger charge is -2.13. The number of benzene rings is 1. The molecule has 0 saturated carbocycles. The van der Waals surface area contributed by atoms with Gasteiger partial charge in [0.05, 0.1) is 18.7 Å². The lowest BCUT2D eigenvalue weighted by Crippen LogP contribution is -2.11. The number of carbonyl (C=O) groups is 1. The molecule has 0 aliphatic heterocycles. The van der Waals surface area contributed by atoms with Gasteiger partial charge >= 0.3 is 12.6 Å². The zero-order valence-electron chi connectivity index (χ0n) is 9.25. The largest absolute Gasteiger partial charge is 0.465 e. The van der Waals surface area contributed by atoms with E-state index in [-0.39, 0.29) is 27.8 Å². The molecule has 0 unspecified atom stereocenters. The number of esters is 1. The van der Waals surface area contributed by atoms with Crippen LogP contribution in [0.5, 0.6) is 5.75 Å². The van der Waals surface area contributed by atoms with E-state index in [1.165, 1.54) is 6.07 Å². The smallest absolute Gasteiger partial charge is 0.387 e. The van der Waals surface area contributed by atoms with Crippen LogP contribution in [0.25, 0.3) is 0 Å². The molecule has 1 aromatic rings. The van der Waals surface area contributed by atoms with Crippen LogP contribution in [-0.4, -0.2) is 19.7 Å². The number of hydrogen-bond donors (Lipinski definition) is 0. The molecule has 0 aliphatic carbocycles. The number of nitriles is 1. The van der Waals surface area contributed by atoms with Crippen LogP contribution in [0.3, 0.4) is 0 Å². The second kappa shape index (κ2) is 6.31. The molecule has 0 N–H and O–H groups in total. The molecule has 0 heterocycles. The van der Waals surface area contributed by atoms with Crippen LogP contribution < -0.4 is 4.74 Å². The molecule has 0 radical (unpaired) electrons. The van der Waals surface area contributed by atoms with Gasteiger partial charge in [0.25, 0.3) is 0 Å². The first-order chi connectivity index (χ1) is 8.53. The second-order valence-corrected chi connectivity index (χ2v) is 3.69. The molecule has 18 heavy (non-hydrogen) atoms. The zero-order chi connectivity index (χ0) is 13.7. The summed E-state index contributed by atoms with van der Waals surface area (Å²) in [5, 5.41) is 8.96. The molecule has 0 saturated heterocycles. The number of nitrogens with zero attached hydrogens (tertiary/aromatic N) is 1.